The van der Waals surface area contributed by atoms with Gasteiger partial charge in [-0.25, -0.2) is 4.98 Å². The van der Waals surface area contributed by atoms with Gasteiger partial charge in [-0.15, -0.1) is 11.3 Å². The molecule has 0 aliphatic rings. The summed E-state index contributed by atoms with van der Waals surface area (Å²) in [6.45, 7) is 5.57. The molecule has 1 N–H and O–H groups in total. The molecule has 0 aliphatic heterocycles. The number of nitrogens with one attached hydrogen (secondary N) is 1. The lowest BCUT2D eigenvalue weighted by Gasteiger charge is -2.08. The molecular weight excluding hydrogens is 330 g/mol. The van der Waals surface area contributed by atoms with Crippen molar-refractivity contribution >= 4 is 17.2 Å². The summed E-state index contributed by atoms with van der Waals surface area (Å²) in [5.74, 6) is 0.995. The van der Waals surface area contributed by atoms with Crippen LogP contribution in [-0.4, -0.2) is 22.0 Å². The highest BCUT2D eigenvalue weighted by Crippen LogP contribution is 2.22. The number of thiophene rings is 1. The highest BCUT2D eigenvalue weighted by Gasteiger charge is 2.11. The Bertz CT molecular complexity index is 836. The molecular formula is C20H23N3OS. The zero-order valence-corrected chi connectivity index (χ0v) is 15.5. The van der Waals surface area contributed by atoms with Crippen LogP contribution < -0.4 is 5.32 Å². The molecule has 0 unspecified atom stereocenters. The summed E-state index contributed by atoms with van der Waals surface area (Å²) in [6.07, 6.45) is 5.49. The summed E-state index contributed by atoms with van der Waals surface area (Å²) in [6, 6.07) is 12.3. The predicted molar refractivity (Wildman–Crippen MR) is 102 cm³/mol. The predicted octanol–water partition coefficient (Wildman–Crippen LogP) is 3.84. The first-order valence-corrected chi connectivity index (χ1v) is 9.40. The van der Waals surface area contributed by atoms with Crippen LogP contribution in [0.25, 0.3) is 0 Å². The molecule has 1 aromatic carbocycles. The van der Waals surface area contributed by atoms with E-state index in [4.69, 9.17) is 0 Å². The van der Waals surface area contributed by atoms with Crippen LogP contribution in [0, 0.1) is 6.92 Å². The van der Waals surface area contributed by atoms with Crippen molar-refractivity contribution < 1.29 is 4.79 Å². The van der Waals surface area contributed by atoms with Gasteiger partial charge >= 0.3 is 0 Å². The Kier molecular flexibility index (Phi) is 5.66. The Hall–Kier alpha value is -2.40. The highest BCUT2D eigenvalue weighted by atomic mass is 32.1. The molecule has 4 nitrogen and oxygen atoms in total. The molecule has 0 radical (unpaired) electrons. The minimum atomic E-state index is 0.00830. The fourth-order valence-corrected chi connectivity index (χ4v) is 3.88. The van der Waals surface area contributed by atoms with Gasteiger partial charge in [0.05, 0.1) is 4.88 Å². The summed E-state index contributed by atoms with van der Waals surface area (Å²) in [4.78, 5) is 18.8. The molecule has 2 heterocycles. The van der Waals surface area contributed by atoms with Gasteiger partial charge in [0.25, 0.3) is 5.91 Å². The van der Waals surface area contributed by atoms with Crippen LogP contribution in [0.1, 0.15) is 38.4 Å². The molecule has 0 saturated heterocycles. The molecule has 5 heteroatoms. The van der Waals surface area contributed by atoms with Crippen molar-refractivity contribution in [2.75, 3.05) is 6.54 Å². The van der Waals surface area contributed by atoms with Crippen LogP contribution in [0.2, 0.25) is 0 Å². The van der Waals surface area contributed by atoms with Crippen LogP contribution in [0.4, 0.5) is 0 Å². The number of rotatable bonds is 7. The summed E-state index contributed by atoms with van der Waals surface area (Å²) in [5, 5.41) is 3.01. The molecule has 2 aromatic heterocycles. The lowest BCUT2D eigenvalue weighted by Crippen LogP contribution is -2.25. The molecule has 0 saturated carbocycles. The lowest BCUT2D eigenvalue weighted by atomic mass is 10.2. The number of amides is 1. The molecule has 25 heavy (non-hydrogen) atoms. The van der Waals surface area contributed by atoms with Crippen molar-refractivity contribution in [2.45, 2.75) is 33.2 Å². The summed E-state index contributed by atoms with van der Waals surface area (Å²) in [5.41, 5.74) is 2.45. The molecule has 0 aliphatic carbocycles. The number of aromatic nitrogens is 2. The van der Waals surface area contributed by atoms with E-state index in [-0.39, 0.29) is 5.91 Å². The Balaban J connectivity index is 1.55. The second-order valence-corrected chi connectivity index (χ2v) is 7.17. The average Bonchev–Trinajstić information content (AvgIpc) is 3.22. The number of carbonyl (C=O) groups is 1. The second kappa shape index (κ2) is 8.12. The lowest BCUT2D eigenvalue weighted by molar-refractivity contribution is 0.0958. The van der Waals surface area contributed by atoms with Crippen molar-refractivity contribution in [3.8, 4) is 0 Å². The van der Waals surface area contributed by atoms with Crippen LogP contribution in [0.15, 0.2) is 48.8 Å². The second-order valence-electron chi connectivity index (χ2n) is 6.03. The number of nitrogens with zero attached hydrogens (tertiary/aromatic N) is 2. The van der Waals surface area contributed by atoms with Crippen molar-refractivity contribution in [3.63, 3.8) is 0 Å². The van der Waals surface area contributed by atoms with Gasteiger partial charge in [-0.1, -0.05) is 37.3 Å². The molecule has 0 atom stereocenters. The molecule has 130 valence electrons. The number of aryl methyl sites for hydroxylation is 2. The Morgan fingerprint density at radius 1 is 1.28 bits per heavy atom. The van der Waals surface area contributed by atoms with Crippen molar-refractivity contribution in [1.82, 2.24) is 14.9 Å². The first-order chi connectivity index (χ1) is 12.2. The van der Waals surface area contributed by atoms with E-state index in [2.05, 4.69) is 40.8 Å². The van der Waals surface area contributed by atoms with Gasteiger partial charge in [-0.05, 0) is 30.5 Å². The third kappa shape index (κ3) is 4.37. The fourth-order valence-electron chi connectivity index (χ4n) is 2.85. The largest absolute Gasteiger partial charge is 0.351 e. The van der Waals surface area contributed by atoms with Crippen molar-refractivity contribution in [2.24, 2.45) is 0 Å². The highest BCUT2D eigenvalue weighted by molar-refractivity contribution is 7.14. The van der Waals surface area contributed by atoms with Crippen molar-refractivity contribution in [3.05, 3.63) is 75.5 Å². The molecule has 1 amide bonds. The Morgan fingerprint density at radius 2 is 2.08 bits per heavy atom. The molecule has 3 rings (SSSR count). The molecule has 3 aromatic rings. The SMILES string of the molecule is CCc1sc(C(=O)NCCc2nccn2Cc2ccccc2)cc1C. The van der Waals surface area contributed by atoms with Gasteiger partial charge in [-0.3, -0.25) is 4.79 Å². The molecule has 0 bridgehead atoms. The van der Waals surface area contributed by atoms with Crippen LogP contribution >= 0.6 is 11.3 Å². The van der Waals surface area contributed by atoms with Crippen LogP contribution in [0.3, 0.4) is 0 Å². The third-order valence-corrected chi connectivity index (χ3v) is 5.58. The summed E-state index contributed by atoms with van der Waals surface area (Å²) < 4.78 is 2.13. The van der Waals surface area contributed by atoms with Gasteiger partial charge in [0.1, 0.15) is 5.82 Å². The number of imidazole rings is 1. The van der Waals surface area contributed by atoms with Gasteiger partial charge in [0.15, 0.2) is 0 Å². The Morgan fingerprint density at radius 3 is 2.80 bits per heavy atom. The first-order valence-electron chi connectivity index (χ1n) is 8.58. The van der Waals surface area contributed by atoms with E-state index in [9.17, 15) is 4.79 Å². The van der Waals surface area contributed by atoms with E-state index in [1.54, 1.807) is 11.3 Å². The third-order valence-electron chi connectivity index (χ3n) is 4.20. The smallest absolute Gasteiger partial charge is 0.261 e. The van der Waals surface area contributed by atoms with Gasteiger partial charge in [-0.2, -0.15) is 0 Å². The average molecular weight is 353 g/mol. The maximum atomic E-state index is 12.3. The number of hydrogen-bond acceptors (Lipinski definition) is 3. The zero-order chi connectivity index (χ0) is 17.6. The van der Waals surface area contributed by atoms with E-state index >= 15 is 0 Å². The van der Waals surface area contributed by atoms with Gasteiger partial charge < -0.3 is 9.88 Å². The van der Waals surface area contributed by atoms with E-state index < -0.39 is 0 Å². The monoisotopic (exact) mass is 353 g/mol. The molecule has 0 fully saturated rings. The van der Waals surface area contributed by atoms with Gasteiger partial charge in [0.2, 0.25) is 0 Å². The topological polar surface area (TPSA) is 46.9 Å². The van der Waals surface area contributed by atoms with E-state index in [1.165, 1.54) is 16.0 Å². The number of hydrogen-bond donors (Lipinski definition) is 1. The van der Waals surface area contributed by atoms with Crippen LogP contribution in [-0.2, 0) is 19.4 Å². The molecule has 0 spiro atoms. The Labute approximate surface area is 152 Å². The number of carbonyl (C=O) groups excluding carboxylic acids is 1. The fraction of sp³-hybridized carbons (Fsp3) is 0.300. The van der Waals surface area contributed by atoms with E-state index in [0.717, 1.165) is 30.1 Å². The minimum absolute atomic E-state index is 0.00830. The van der Waals surface area contributed by atoms with Gasteiger partial charge in [0, 0.05) is 36.8 Å². The minimum Gasteiger partial charge on any atom is -0.351 e. The number of benzene rings is 1. The zero-order valence-electron chi connectivity index (χ0n) is 14.7. The normalized spacial score (nSPS) is 10.8. The standard InChI is InChI=1S/C20H23N3OS/c1-3-17-15(2)13-18(25-17)20(24)22-10-9-19-21-11-12-23(19)14-16-7-5-4-6-8-16/h4-8,11-13H,3,9-10,14H2,1-2H3,(H,22,24). The van der Waals surface area contributed by atoms with E-state index in [1.807, 2.05) is 36.7 Å². The summed E-state index contributed by atoms with van der Waals surface area (Å²) in [7, 11) is 0. The van der Waals surface area contributed by atoms with Crippen molar-refractivity contribution in [1.29, 1.82) is 0 Å². The maximum Gasteiger partial charge on any atom is 0.261 e. The van der Waals surface area contributed by atoms with E-state index in [0.29, 0.717) is 6.54 Å². The van der Waals surface area contributed by atoms with Crippen LogP contribution in [0.5, 0.6) is 0 Å². The first kappa shape index (κ1) is 17.4. The maximum absolute atomic E-state index is 12.3. The quantitative estimate of drug-likeness (QED) is 0.701. The summed E-state index contributed by atoms with van der Waals surface area (Å²) >= 11 is 1.59.